The van der Waals surface area contributed by atoms with E-state index in [1.165, 1.54) is 6.07 Å². The third-order valence-electron chi connectivity index (χ3n) is 6.02. The molecule has 36 heavy (non-hydrogen) atoms. The third kappa shape index (κ3) is 3.97. The molecule has 6 rings (SSSR count). The lowest BCUT2D eigenvalue weighted by molar-refractivity contribution is 0.274. The fraction of sp³-hybridized carbons (Fsp3) is 0.208. The van der Waals surface area contributed by atoms with E-state index < -0.39 is 5.82 Å². The van der Waals surface area contributed by atoms with E-state index in [1.807, 2.05) is 29.9 Å². The Labute approximate surface area is 210 Å². The number of nitrogens with one attached hydrogen (secondary N) is 1. The van der Waals surface area contributed by atoms with Gasteiger partial charge in [0.2, 0.25) is 5.95 Å². The summed E-state index contributed by atoms with van der Waals surface area (Å²) in [5.74, 6) is 2.19. The zero-order valence-corrected chi connectivity index (χ0v) is 20.0. The van der Waals surface area contributed by atoms with Gasteiger partial charge in [-0.05, 0) is 24.6 Å². The number of benzene rings is 1. The fourth-order valence-electron chi connectivity index (χ4n) is 4.25. The van der Waals surface area contributed by atoms with Gasteiger partial charge in [-0.2, -0.15) is 5.10 Å². The van der Waals surface area contributed by atoms with Crippen molar-refractivity contribution in [3.63, 3.8) is 0 Å². The summed E-state index contributed by atoms with van der Waals surface area (Å²) in [4.78, 5) is 8.98. The molecule has 0 aliphatic carbocycles. The van der Waals surface area contributed by atoms with Crippen LogP contribution in [0.4, 0.5) is 16.2 Å². The predicted octanol–water partition coefficient (Wildman–Crippen LogP) is 4.46. The Balaban J connectivity index is 1.32. The average molecular weight is 506 g/mol. The number of nitrogens with zero attached hydrogens (tertiary/aromatic N) is 8. The highest BCUT2D eigenvalue weighted by molar-refractivity contribution is 6.35. The molecule has 1 aliphatic heterocycles. The van der Waals surface area contributed by atoms with E-state index in [1.54, 1.807) is 35.3 Å². The summed E-state index contributed by atoms with van der Waals surface area (Å²) < 4.78 is 25.4. The number of hydrogen-bond acceptors (Lipinski definition) is 7. The topological polar surface area (TPSA) is 101 Å². The van der Waals surface area contributed by atoms with Gasteiger partial charge in [0.25, 0.3) is 0 Å². The minimum Gasteiger partial charge on any atom is -0.483 e. The number of rotatable bonds is 6. The second-order valence-electron chi connectivity index (χ2n) is 8.29. The zero-order chi connectivity index (χ0) is 24.6. The molecular formula is C24H21ClFN9O. The molecular weight excluding hydrogens is 485 g/mol. The molecule has 0 radical (unpaired) electrons. The summed E-state index contributed by atoms with van der Waals surface area (Å²) in [6.07, 6.45) is 6.20. The van der Waals surface area contributed by atoms with Crippen molar-refractivity contribution in [1.29, 1.82) is 0 Å². The van der Waals surface area contributed by atoms with Gasteiger partial charge >= 0.3 is 0 Å². The number of fused-ring (bicyclic) bond motifs is 3. The first-order valence-corrected chi connectivity index (χ1v) is 11.7. The monoisotopic (exact) mass is 505 g/mol. The maximum Gasteiger partial charge on any atom is 0.228 e. The molecule has 0 atom stereocenters. The number of anilines is 2. The summed E-state index contributed by atoms with van der Waals surface area (Å²) >= 11 is 6.92. The Morgan fingerprint density at radius 1 is 1.11 bits per heavy atom. The Bertz CT molecular complexity index is 1560. The number of ether oxygens (including phenoxy) is 1. The van der Waals surface area contributed by atoms with Crippen molar-refractivity contribution in [2.24, 2.45) is 7.05 Å². The van der Waals surface area contributed by atoms with E-state index in [2.05, 4.69) is 35.1 Å². The molecule has 4 aromatic heterocycles. The van der Waals surface area contributed by atoms with Crippen LogP contribution in [-0.4, -0.2) is 39.1 Å². The highest BCUT2D eigenvalue weighted by atomic mass is 35.5. The van der Waals surface area contributed by atoms with Crippen molar-refractivity contribution in [2.75, 3.05) is 5.32 Å². The Hall–Kier alpha value is -4.25. The Morgan fingerprint density at radius 2 is 2.00 bits per heavy atom. The largest absolute Gasteiger partial charge is 0.483 e. The minimum atomic E-state index is -0.420. The molecule has 0 unspecified atom stereocenters. The third-order valence-corrected chi connectivity index (χ3v) is 6.40. The second kappa shape index (κ2) is 9.08. The molecule has 5 aromatic rings. The first-order chi connectivity index (χ1) is 17.6. The van der Waals surface area contributed by atoms with E-state index in [4.69, 9.17) is 16.3 Å². The van der Waals surface area contributed by atoms with Crippen molar-refractivity contribution in [2.45, 2.75) is 26.1 Å². The molecule has 5 heterocycles. The lowest BCUT2D eigenvalue weighted by Crippen LogP contribution is -2.08. The number of hydrogen-bond donors (Lipinski definition) is 1. The molecule has 0 spiro atoms. The van der Waals surface area contributed by atoms with Crippen molar-refractivity contribution < 1.29 is 9.13 Å². The molecule has 12 heteroatoms. The second-order valence-corrected chi connectivity index (χ2v) is 8.67. The summed E-state index contributed by atoms with van der Waals surface area (Å²) in [7, 11) is 1.83. The number of halogens is 2. The first-order valence-electron chi connectivity index (χ1n) is 11.4. The van der Waals surface area contributed by atoms with Crippen molar-refractivity contribution in [3.8, 4) is 28.5 Å². The van der Waals surface area contributed by atoms with Gasteiger partial charge in [-0.1, -0.05) is 23.7 Å². The highest BCUT2D eigenvalue weighted by Gasteiger charge is 2.26. The molecule has 0 bridgehead atoms. The van der Waals surface area contributed by atoms with Gasteiger partial charge < -0.3 is 19.2 Å². The minimum absolute atomic E-state index is 0.0913. The normalized spacial score (nSPS) is 12.6. The molecule has 0 amide bonds. The summed E-state index contributed by atoms with van der Waals surface area (Å²) in [6.45, 7) is 1.53. The van der Waals surface area contributed by atoms with Gasteiger partial charge in [0, 0.05) is 44.2 Å². The predicted molar refractivity (Wildman–Crippen MR) is 131 cm³/mol. The van der Waals surface area contributed by atoms with Crippen LogP contribution in [-0.2, 0) is 26.7 Å². The van der Waals surface area contributed by atoms with Crippen LogP contribution >= 0.6 is 11.6 Å². The van der Waals surface area contributed by atoms with Crippen LogP contribution in [0.25, 0.3) is 22.8 Å². The molecule has 1 aliphatic rings. The Kier molecular flexibility index (Phi) is 5.61. The van der Waals surface area contributed by atoms with E-state index in [9.17, 15) is 4.39 Å². The van der Waals surface area contributed by atoms with Crippen LogP contribution in [0, 0.1) is 5.82 Å². The highest BCUT2D eigenvalue weighted by Crippen LogP contribution is 2.39. The lowest BCUT2D eigenvalue weighted by Gasteiger charge is -2.09. The smallest absolute Gasteiger partial charge is 0.228 e. The van der Waals surface area contributed by atoms with E-state index >= 15 is 0 Å². The molecule has 1 N–H and O–H groups in total. The average Bonchev–Trinajstić information content (AvgIpc) is 3.52. The van der Waals surface area contributed by atoms with Gasteiger partial charge in [-0.3, -0.25) is 4.68 Å². The maximum absolute atomic E-state index is 14.0. The molecule has 0 saturated heterocycles. The molecule has 10 nitrogen and oxygen atoms in total. The van der Waals surface area contributed by atoms with Crippen molar-refractivity contribution >= 4 is 23.4 Å². The summed E-state index contributed by atoms with van der Waals surface area (Å²) in [5, 5.41) is 16.6. The van der Waals surface area contributed by atoms with Gasteiger partial charge in [-0.25, -0.2) is 14.4 Å². The van der Waals surface area contributed by atoms with Crippen LogP contribution in [0.3, 0.4) is 0 Å². The van der Waals surface area contributed by atoms with Crippen LogP contribution in [0.2, 0.25) is 5.02 Å². The van der Waals surface area contributed by atoms with E-state index in [-0.39, 0.29) is 12.4 Å². The van der Waals surface area contributed by atoms with Gasteiger partial charge in [0.05, 0.1) is 16.9 Å². The van der Waals surface area contributed by atoms with E-state index in [0.29, 0.717) is 34.9 Å². The SMILES string of the molecule is Cn1nccc1Nc1nccc(-c2cn3c(c2Cl)-c2nnc(COc4ccccc4F)n2CCC3)n1. The van der Waals surface area contributed by atoms with Gasteiger partial charge in [0.1, 0.15) is 18.1 Å². The summed E-state index contributed by atoms with van der Waals surface area (Å²) in [6, 6.07) is 9.94. The first kappa shape index (κ1) is 22.2. The molecule has 0 fully saturated rings. The van der Waals surface area contributed by atoms with Crippen LogP contribution in [0.5, 0.6) is 5.75 Å². The molecule has 1 aromatic carbocycles. The van der Waals surface area contributed by atoms with Crippen molar-refractivity contribution in [1.82, 2.24) is 39.1 Å². The standard InChI is InChI=1S/C24H21ClFN9O/c1-33-19(8-10-28-33)30-24-27-9-7-17(29-24)15-13-34-11-4-12-35-20(31-32-23(35)22(34)21(15)25)14-36-18-6-3-2-5-16(18)26/h2-3,5-10,13H,4,11-12,14H2,1H3,(H,27,29,30). The van der Waals surface area contributed by atoms with Gasteiger partial charge in [0.15, 0.2) is 23.2 Å². The fourth-order valence-corrected chi connectivity index (χ4v) is 4.59. The van der Waals surface area contributed by atoms with E-state index in [0.717, 1.165) is 30.0 Å². The van der Waals surface area contributed by atoms with Gasteiger partial charge in [-0.15, -0.1) is 10.2 Å². The van der Waals surface area contributed by atoms with Crippen LogP contribution < -0.4 is 10.1 Å². The maximum atomic E-state index is 14.0. The van der Waals surface area contributed by atoms with Crippen LogP contribution in [0.15, 0.2) is 55.0 Å². The van der Waals surface area contributed by atoms with Crippen LogP contribution in [0.1, 0.15) is 12.2 Å². The lowest BCUT2D eigenvalue weighted by atomic mass is 10.2. The quantitative estimate of drug-likeness (QED) is 0.363. The zero-order valence-electron chi connectivity index (χ0n) is 19.3. The Morgan fingerprint density at radius 3 is 2.83 bits per heavy atom. The molecule has 182 valence electrons. The number of aryl methyl sites for hydroxylation is 2. The molecule has 0 saturated carbocycles. The summed E-state index contributed by atoms with van der Waals surface area (Å²) in [5.41, 5.74) is 2.20. The number of para-hydroxylation sites is 1. The van der Waals surface area contributed by atoms with Crippen molar-refractivity contribution in [3.05, 3.63) is 71.7 Å². The number of aromatic nitrogens is 8.